The molecule has 0 saturated carbocycles. The molecule has 9 heteroatoms. The molecule has 0 aliphatic carbocycles. The van der Waals surface area contributed by atoms with Gasteiger partial charge >= 0.3 is 0 Å². The van der Waals surface area contributed by atoms with E-state index in [9.17, 15) is 10.1 Å². The van der Waals surface area contributed by atoms with E-state index in [4.69, 9.17) is 0 Å². The Kier molecular flexibility index (Phi) is 3.34. The molecule has 118 valence electrons. The van der Waals surface area contributed by atoms with Gasteiger partial charge in [-0.15, -0.1) is 10.2 Å². The normalized spacial score (nSPS) is 19.0. The summed E-state index contributed by atoms with van der Waals surface area (Å²) in [6.07, 6.45) is 0. The fourth-order valence-electron chi connectivity index (χ4n) is 2.63. The highest BCUT2D eigenvalue weighted by atomic mass is 32.2. The topological polar surface area (TPSA) is 77.1 Å². The van der Waals surface area contributed by atoms with Crippen LogP contribution in [0.4, 0.5) is 5.69 Å². The molecule has 7 nitrogen and oxygen atoms in total. The van der Waals surface area contributed by atoms with Gasteiger partial charge < -0.3 is 0 Å². The first-order valence-corrected chi connectivity index (χ1v) is 8.85. The predicted octanol–water partition coefficient (Wildman–Crippen LogP) is 3.60. The van der Waals surface area contributed by atoms with Gasteiger partial charge in [-0.05, 0) is 17.3 Å². The van der Waals surface area contributed by atoms with Crippen molar-refractivity contribution in [1.82, 2.24) is 14.9 Å². The van der Waals surface area contributed by atoms with Gasteiger partial charge in [0.2, 0.25) is 5.16 Å². The third kappa shape index (κ3) is 2.22. The highest BCUT2D eigenvalue weighted by Gasteiger charge is 2.40. The van der Waals surface area contributed by atoms with Gasteiger partial charge in [0.05, 0.1) is 4.92 Å². The fourth-order valence-corrected chi connectivity index (χ4v) is 4.86. The maximum absolute atomic E-state index is 11.0. The highest BCUT2D eigenvalue weighted by Crippen LogP contribution is 2.51. The Labute approximate surface area is 140 Å². The molecule has 1 aromatic carbocycles. The van der Waals surface area contributed by atoms with E-state index in [-0.39, 0.29) is 21.9 Å². The number of rotatable bonds is 3. The molecular formula is C14H13N5O2S2. The van der Waals surface area contributed by atoms with Gasteiger partial charge in [-0.1, -0.05) is 37.7 Å². The molecule has 0 bridgehead atoms. The predicted molar refractivity (Wildman–Crippen MR) is 89.7 cm³/mol. The third-order valence-corrected chi connectivity index (χ3v) is 5.87. The molecule has 0 saturated heterocycles. The van der Waals surface area contributed by atoms with E-state index < -0.39 is 0 Å². The van der Waals surface area contributed by atoms with Crippen molar-refractivity contribution in [3.63, 3.8) is 0 Å². The Morgan fingerprint density at radius 3 is 2.91 bits per heavy atom. The largest absolute Gasteiger partial charge is 0.269 e. The van der Waals surface area contributed by atoms with Crippen molar-refractivity contribution in [2.45, 2.75) is 30.3 Å². The lowest BCUT2D eigenvalue weighted by Gasteiger charge is -2.26. The minimum absolute atomic E-state index is 0.0489. The summed E-state index contributed by atoms with van der Waals surface area (Å²) in [6.45, 7) is 4.16. The second-order valence-corrected chi connectivity index (χ2v) is 7.49. The molecule has 0 unspecified atom stereocenters. The molecule has 1 atom stereocenters. The van der Waals surface area contributed by atoms with Gasteiger partial charge in [-0.3, -0.25) is 15.1 Å². The number of thioether (sulfide) groups is 2. The van der Waals surface area contributed by atoms with Gasteiger partial charge in [-0.25, -0.2) is 4.68 Å². The highest BCUT2D eigenvalue weighted by molar-refractivity contribution is 8.07. The van der Waals surface area contributed by atoms with Gasteiger partial charge in [0.1, 0.15) is 10.4 Å². The van der Waals surface area contributed by atoms with Crippen molar-refractivity contribution >= 4 is 29.2 Å². The fraction of sp³-hybridized carbons (Fsp3) is 0.286. The summed E-state index contributed by atoms with van der Waals surface area (Å²) in [5.41, 5.74) is 1.00. The van der Waals surface area contributed by atoms with Gasteiger partial charge in [0.25, 0.3) is 5.69 Å². The Morgan fingerprint density at radius 1 is 1.35 bits per heavy atom. The van der Waals surface area contributed by atoms with Crippen LogP contribution in [0, 0.1) is 10.1 Å². The smallest absolute Gasteiger partial charge is 0.258 e. The first kappa shape index (κ1) is 14.6. The number of non-ortho nitro benzene ring substituents is 1. The second kappa shape index (κ2) is 5.27. The summed E-state index contributed by atoms with van der Waals surface area (Å²) in [6, 6.07) is 6.80. The van der Waals surface area contributed by atoms with E-state index in [0.717, 1.165) is 21.6 Å². The monoisotopic (exact) mass is 347 g/mol. The Bertz CT molecular complexity index is 832. The number of nitrogens with zero attached hydrogens (tertiary/aromatic N) is 5. The SMILES string of the molecule is CC(C)c1nnc2n1N1C(=CS[C@@H]1c1cccc([N+](=O)[O-])c1)S2. The second-order valence-electron chi connectivity index (χ2n) is 5.55. The lowest BCUT2D eigenvalue weighted by Crippen LogP contribution is -2.31. The summed E-state index contributed by atoms with van der Waals surface area (Å²) in [5.74, 6) is 1.14. The van der Waals surface area contributed by atoms with Crippen LogP contribution < -0.4 is 5.01 Å². The van der Waals surface area contributed by atoms with Gasteiger partial charge in [0.15, 0.2) is 5.82 Å². The van der Waals surface area contributed by atoms with Crippen LogP contribution in [-0.2, 0) is 0 Å². The number of aromatic nitrogens is 3. The van der Waals surface area contributed by atoms with Gasteiger partial charge in [-0.2, -0.15) is 0 Å². The van der Waals surface area contributed by atoms with Gasteiger partial charge in [0, 0.05) is 23.5 Å². The van der Waals surface area contributed by atoms with Crippen LogP contribution in [0.1, 0.15) is 36.5 Å². The van der Waals surface area contributed by atoms with Crippen LogP contribution in [0.2, 0.25) is 0 Å². The van der Waals surface area contributed by atoms with E-state index >= 15 is 0 Å². The van der Waals surface area contributed by atoms with Crippen LogP contribution in [0.3, 0.4) is 0 Å². The van der Waals surface area contributed by atoms with E-state index in [1.165, 1.54) is 6.07 Å². The first-order chi connectivity index (χ1) is 11.1. The lowest BCUT2D eigenvalue weighted by atomic mass is 10.2. The molecule has 0 spiro atoms. The van der Waals surface area contributed by atoms with Crippen LogP contribution in [0.15, 0.2) is 39.9 Å². The van der Waals surface area contributed by atoms with Crippen molar-refractivity contribution in [3.8, 4) is 0 Å². The van der Waals surface area contributed by atoms with Crippen molar-refractivity contribution in [2.24, 2.45) is 0 Å². The number of fused-ring (bicyclic) bond motifs is 3. The number of hydrogen-bond donors (Lipinski definition) is 0. The molecule has 2 aliphatic heterocycles. The van der Waals surface area contributed by atoms with E-state index in [1.807, 2.05) is 10.7 Å². The quantitative estimate of drug-likeness (QED) is 0.620. The molecule has 0 fully saturated rings. The van der Waals surface area contributed by atoms with Crippen LogP contribution in [0.25, 0.3) is 0 Å². The van der Waals surface area contributed by atoms with Crippen LogP contribution in [-0.4, -0.2) is 19.8 Å². The molecule has 4 rings (SSSR count). The van der Waals surface area contributed by atoms with Crippen molar-refractivity contribution in [2.75, 3.05) is 5.01 Å². The average Bonchev–Trinajstić information content (AvgIpc) is 3.17. The molecule has 1 aromatic heterocycles. The van der Waals surface area contributed by atoms with Crippen molar-refractivity contribution in [3.05, 3.63) is 56.2 Å². The lowest BCUT2D eigenvalue weighted by molar-refractivity contribution is -0.384. The van der Waals surface area contributed by atoms with Crippen LogP contribution >= 0.6 is 23.5 Å². The summed E-state index contributed by atoms with van der Waals surface area (Å²) in [7, 11) is 0. The minimum Gasteiger partial charge on any atom is -0.258 e. The zero-order valence-electron chi connectivity index (χ0n) is 12.4. The van der Waals surface area contributed by atoms with E-state index in [2.05, 4.69) is 34.5 Å². The zero-order valence-corrected chi connectivity index (χ0v) is 14.0. The molecule has 2 aliphatic rings. The standard InChI is InChI=1S/C14H13N5O2S2/c1-8(2)12-15-16-14-18(12)17-11(23-14)7-22-13(17)9-4-3-5-10(6-9)19(20)21/h3-8,13H,1-2H3/t13-/m1/s1. The third-order valence-electron chi connectivity index (χ3n) is 3.68. The van der Waals surface area contributed by atoms with Crippen molar-refractivity contribution in [1.29, 1.82) is 0 Å². The summed E-state index contributed by atoms with van der Waals surface area (Å²) in [4.78, 5) is 10.7. The molecular weight excluding hydrogens is 334 g/mol. The average molecular weight is 347 g/mol. The molecule has 0 radical (unpaired) electrons. The maximum Gasteiger partial charge on any atom is 0.269 e. The summed E-state index contributed by atoms with van der Waals surface area (Å²) < 4.78 is 2.03. The Hall–Kier alpha value is -2.00. The summed E-state index contributed by atoms with van der Waals surface area (Å²) in [5, 5.41) is 25.6. The first-order valence-electron chi connectivity index (χ1n) is 7.09. The number of benzene rings is 1. The zero-order chi connectivity index (χ0) is 16.1. The number of nitro groups is 1. The molecule has 23 heavy (non-hydrogen) atoms. The number of hydrogen-bond acceptors (Lipinski definition) is 7. The van der Waals surface area contributed by atoms with Crippen molar-refractivity contribution < 1.29 is 4.92 Å². The summed E-state index contributed by atoms with van der Waals surface area (Å²) >= 11 is 3.21. The molecule has 3 heterocycles. The van der Waals surface area contributed by atoms with Crippen LogP contribution in [0.5, 0.6) is 0 Å². The molecule has 0 amide bonds. The Morgan fingerprint density at radius 2 is 2.17 bits per heavy atom. The molecule has 2 aromatic rings. The Balaban J connectivity index is 1.77. The minimum atomic E-state index is -0.361. The van der Waals surface area contributed by atoms with E-state index in [1.54, 1.807) is 35.7 Å². The number of nitro benzene ring substituents is 1. The molecule has 0 N–H and O–H groups in total. The van der Waals surface area contributed by atoms with E-state index in [0.29, 0.717) is 0 Å². The maximum atomic E-state index is 11.0.